The van der Waals surface area contributed by atoms with Crippen molar-refractivity contribution in [2.45, 2.75) is 241 Å². The SMILES string of the molecule is C/C=C/[C@@H](C)[C@@H](O)[C@H]1C(=O)N[C@@H](CC)C(=O)N(CCC)[C@H](CO)C(=O)N(C)C([C@@H](C)OCCCCN=[N+]=[N-])C(=O)N[C@@H](C(C)C)C(=O)N(C)[C@@H](CC(C)C)C(=O)N[C@@H](C)C(=O)N[C@H](C)C(=O)N(C)[C@@H](CC(C)C)C(=O)N(C)[C@@H](CC(C)C)C(=O)N(C)[C@@H](C(C)C)C(=O)N1C. The first-order valence-corrected chi connectivity index (χ1v) is 33.4. The first-order valence-electron chi connectivity index (χ1n) is 33.4. The Hall–Kier alpha value is -6.90. The molecule has 1 rings (SSSR count). The minimum atomic E-state index is -1.72. The molecule has 0 aromatic carbocycles. The van der Waals surface area contributed by atoms with Gasteiger partial charge in [-0.15, -0.1) is 0 Å². The van der Waals surface area contributed by atoms with E-state index in [2.05, 4.69) is 31.3 Å². The molecule has 94 heavy (non-hydrogen) atoms. The summed E-state index contributed by atoms with van der Waals surface area (Å²) in [7, 11) is 8.24. The molecule has 11 amide bonds. The van der Waals surface area contributed by atoms with Crippen LogP contribution in [0.4, 0.5) is 0 Å². The summed E-state index contributed by atoms with van der Waals surface area (Å²) in [5.41, 5.74) is 8.82. The van der Waals surface area contributed by atoms with E-state index in [0.29, 0.717) is 12.8 Å². The third-order valence-electron chi connectivity index (χ3n) is 17.3. The maximum absolute atomic E-state index is 15.3. The lowest BCUT2D eigenvalue weighted by atomic mass is 9.93. The maximum Gasteiger partial charge on any atom is 0.248 e. The van der Waals surface area contributed by atoms with Gasteiger partial charge in [0.1, 0.15) is 66.5 Å². The van der Waals surface area contributed by atoms with Crippen molar-refractivity contribution < 1.29 is 67.7 Å². The van der Waals surface area contributed by atoms with E-state index < -0.39 is 168 Å². The fraction of sp³-hybridized carbons (Fsp3) is 0.803. The number of likely N-dealkylation sites (N-methyl/N-ethyl adjacent to an activating group) is 6. The number of rotatable bonds is 22. The number of hydrogen-bond donors (Lipinski definition) is 6. The van der Waals surface area contributed by atoms with Gasteiger partial charge >= 0.3 is 0 Å². The molecule has 1 unspecified atom stereocenters. The van der Waals surface area contributed by atoms with Gasteiger partial charge in [-0.3, -0.25) is 52.7 Å². The fourth-order valence-electron chi connectivity index (χ4n) is 11.8. The van der Waals surface area contributed by atoms with Crippen molar-refractivity contribution in [3.8, 4) is 0 Å². The molecular weight excluding hydrogens is 1210 g/mol. The molecule has 28 heteroatoms. The Kier molecular flexibility index (Phi) is 36.7. The lowest BCUT2D eigenvalue weighted by Gasteiger charge is -2.41. The van der Waals surface area contributed by atoms with Crippen molar-refractivity contribution in [1.29, 1.82) is 0 Å². The minimum Gasteiger partial charge on any atom is -0.394 e. The van der Waals surface area contributed by atoms with Gasteiger partial charge in [-0.25, -0.2) is 0 Å². The standard InChI is InChI=1S/C66H118N14O14/c1-24-29-42(14)55(82)54-59(86)71-46(26-3)61(88)80(31-25-2)50(36-81)64(91)78(22)53(45(17)94-32-28-27-30-68-73-67)58(85)72-51(40(10)11)65(92)74(18)47(33-37(4)5)57(84)69-43(15)56(83)70-44(16)60(87)75(19)48(34-38(6)7)62(89)76(20)49(35-39(8)9)63(90)77(21)52(41(12)13)66(93)79(54)23/h24,29,37-55,81-82H,25-28,30-36H2,1-23H3,(H,69,84)(H,70,83)(H,71,86)(H,72,85)/b29-24+/t42-,43+,44-,45-,46+,47+,48+,49+,50-,51+,52+,53?,54+,55-/m1/s1. The highest BCUT2D eigenvalue weighted by Gasteiger charge is 2.47. The number of carbonyl (C=O) groups is 11. The van der Waals surface area contributed by atoms with Crippen LogP contribution in [-0.2, 0) is 57.5 Å². The lowest BCUT2D eigenvalue weighted by Crippen LogP contribution is -2.65. The van der Waals surface area contributed by atoms with Crippen molar-refractivity contribution in [3.63, 3.8) is 0 Å². The molecule has 1 aliphatic rings. The molecule has 6 N–H and O–H groups in total. The molecule has 14 atom stereocenters. The minimum absolute atomic E-state index is 0.0206. The molecular formula is C66H118N14O14. The predicted octanol–water partition coefficient (Wildman–Crippen LogP) is 3.47. The van der Waals surface area contributed by atoms with Crippen molar-refractivity contribution >= 4 is 65.0 Å². The Balaban J connectivity index is 4.56. The summed E-state index contributed by atoms with van der Waals surface area (Å²) in [6.45, 7) is 27.8. The van der Waals surface area contributed by atoms with Gasteiger partial charge in [-0.05, 0) is 108 Å². The first-order chi connectivity index (χ1) is 43.8. The van der Waals surface area contributed by atoms with Gasteiger partial charge in [0, 0.05) is 72.8 Å². The number of azide groups is 1. The van der Waals surface area contributed by atoms with E-state index in [4.69, 9.17) is 10.3 Å². The van der Waals surface area contributed by atoms with Crippen LogP contribution < -0.4 is 21.3 Å². The number of amides is 11. The van der Waals surface area contributed by atoms with Crippen LogP contribution in [0.1, 0.15) is 163 Å². The third-order valence-corrected chi connectivity index (χ3v) is 17.3. The maximum atomic E-state index is 15.3. The van der Waals surface area contributed by atoms with E-state index in [1.165, 1.54) is 82.7 Å². The van der Waals surface area contributed by atoms with Crippen LogP contribution >= 0.6 is 0 Å². The average molecular weight is 1330 g/mol. The van der Waals surface area contributed by atoms with Gasteiger partial charge in [0.2, 0.25) is 65.0 Å². The topological polar surface area (TPSA) is 357 Å². The Bertz CT molecular complexity index is 2610. The molecule has 1 saturated heterocycles. The molecule has 0 radical (unpaired) electrons. The highest BCUT2D eigenvalue weighted by Crippen LogP contribution is 2.26. The summed E-state index contributed by atoms with van der Waals surface area (Å²) in [5.74, 6) is -11.2. The summed E-state index contributed by atoms with van der Waals surface area (Å²) in [6, 6.07) is -15.2. The Labute approximate surface area is 559 Å². The van der Waals surface area contributed by atoms with Crippen molar-refractivity contribution in [1.82, 2.24) is 55.6 Å². The van der Waals surface area contributed by atoms with E-state index in [9.17, 15) is 29.4 Å². The summed E-state index contributed by atoms with van der Waals surface area (Å²) in [5, 5.41) is 37.8. The summed E-state index contributed by atoms with van der Waals surface area (Å²) >= 11 is 0. The molecule has 1 heterocycles. The van der Waals surface area contributed by atoms with Gasteiger partial charge in [-0.1, -0.05) is 107 Å². The predicted molar refractivity (Wildman–Crippen MR) is 358 cm³/mol. The van der Waals surface area contributed by atoms with Crippen LogP contribution in [0.15, 0.2) is 17.3 Å². The van der Waals surface area contributed by atoms with E-state index in [1.807, 2.05) is 41.5 Å². The Morgan fingerprint density at radius 2 is 1.01 bits per heavy atom. The van der Waals surface area contributed by atoms with Gasteiger partial charge in [0.25, 0.3) is 0 Å². The van der Waals surface area contributed by atoms with Crippen molar-refractivity contribution in [2.75, 3.05) is 68.6 Å². The number of allylic oxidation sites excluding steroid dienone is 1. The van der Waals surface area contributed by atoms with Crippen LogP contribution in [-0.4, -0.2) is 257 Å². The van der Waals surface area contributed by atoms with Crippen LogP contribution in [0.2, 0.25) is 0 Å². The average Bonchev–Trinajstić information content (AvgIpc) is 0.809. The number of nitrogens with zero attached hydrogens (tertiary/aromatic N) is 10. The van der Waals surface area contributed by atoms with E-state index in [0.717, 1.165) is 14.7 Å². The molecule has 1 fully saturated rings. The molecule has 0 spiro atoms. The second-order valence-corrected chi connectivity index (χ2v) is 27.2. The van der Waals surface area contributed by atoms with Gasteiger partial charge in [-0.2, -0.15) is 0 Å². The zero-order valence-corrected chi connectivity index (χ0v) is 60.7. The number of carbonyl (C=O) groups excluding carboxylic acids is 11. The molecule has 1 aliphatic heterocycles. The first kappa shape index (κ1) is 85.1. The Morgan fingerprint density at radius 1 is 0.543 bits per heavy atom. The molecule has 0 aromatic heterocycles. The molecule has 28 nitrogen and oxygen atoms in total. The zero-order valence-electron chi connectivity index (χ0n) is 60.7. The quantitative estimate of drug-likeness (QED) is 0.0297. The number of ether oxygens (including phenoxy) is 1. The highest BCUT2D eigenvalue weighted by molar-refractivity contribution is 6.00. The van der Waals surface area contributed by atoms with Crippen LogP contribution in [0, 0.1) is 35.5 Å². The molecule has 0 saturated carbocycles. The largest absolute Gasteiger partial charge is 0.394 e. The van der Waals surface area contributed by atoms with Crippen molar-refractivity contribution in [3.05, 3.63) is 22.6 Å². The Morgan fingerprint density at radius 3 is 1.49 bits per heavy atom. The van der Waals surface area contributed by atoms with E-state index >= 15 is 33.6 Å². The van der Waals surface area contributed by atoms with Gasteiger partial charge in [0.05, 0.1) is 18.8 Å². The molecule has 0 aromatic rings. The van der Waals surface area contributed by atoms with Gasteiger partial charge < -0.3 is 70.5 Å². The summed E-state index contributed by atoms with van der Waals surface area (Å²) in [4.78, 5) is 174. The van der Waals surface area contributed by atoms with Crippen LogP contribution in [0.25, 0.3) is 10.4 Å². The number of unbranched alkanes of at least 4 members (excludes halogenated alkanes) is 1. The second-order valence-electron chi connectivity index (χ2n) is 27.2. The molecule has 0 bridgehead atoms. The lowest BCUT2D eigenvalue weighted by molar-refractivity contribution is -0.158. The van der Waals surface area contributed by atoms with E-state index in [-0.39, 0.29) is 69.6 Å². The fourth-order valence-corrected chi connectivity index (χ4v) is 11.8. The van der Waals surface area contributed by atoms with E-state index in [1.54, 1.807) is 67.5 Å². The third kappa shape index (κ3) is 23.8. The number of hydrogen-bond acceptors (Lipinski definition) is 15. The number of aliphatic hydroxyl groups is 2. The van der Waals surface area contributed by atoms with Gasteiger partial charge in [0.15, 0.2) is 0 Å². The molecule has 536 valence electrons. The molecule has 0 aliphatic carbocycles. The smallest absolute Gasteiger partial charge is 0.248 e. The van der Waals surface area contributed by atoms with Crippen molar-refractivity contribution in [2.24, 2.45) is 40.6 Å². The summed E-state index contributed by atoms with van der Waals surface area (Å²) < 4.78 is 6.17. The normalized spacial score (nSPS) is 26.4. The highest BCUT2D eigenvalue weighted by atomic mass is 16.5. The number of aliphatic hydroxyl groups excluding tert-OH is 2. The zero-order chi connectivity index (χ0) is 72.5. The number of nitrogens with one attached hydrogen (secondary N) is 4. The second kappa shape index (κ2) is 40.5. The van der Waals surface area contributed by atoms with Crippen LogP contribution in [0.5, 0.6) is 0 Å². The summed E-state index contributed by atoms with van der Waals surface area (Å²) in [6.07, 6.45) is 1.77. The monoisotopic (exact) mass is 1330 g/mol. The van der Waals surface area contributed by atoms with Crippen LogP contribution in [0.3, 0.4) is 0 Å².